The maximum Gasteiger partial charge on any atom is 0.267 e. The second-order valence-electron chi connectivity index (χ2n) is 4.76. The number of nitriles is 2. The van der Waals surface area contributed by atoms with E-state index in [4.69, 9.17) is 10.5 Å². The predicted octanol–water partition coefficient (Wildman–Crippen LogP) is 2.66. The highest BCUT2D eigenvalue weighted by Crippen LogP contribution is 2.17. The van der Waals surface area contributed by atoms with Crippen molar-refractivity contribution < 1.29 is 4.79 Å². The fourth-order valence-corrected chi connectivity index (χ4v) is 1.60. The Kier molecular flexibility index (Phi) is 6.50. The SMILES string of the molecule is CC(C)c1ccc(NC(=O)/C(C#N)=C\NCCC#N)cc1. The number of benzene rings is 1. The zero-order valence-electron chi connectivity index (χ0n) is 12.2. The number of carbonyl (C=O) groups excluding carboxylic acids is 1. The summed E-state index contributed by atoms with van der Waals surface area (Å²) in [5, 5.41) is 22.8. The molecule has 0 aliphatic rings. The summed E-state index contributed by atoms with van der Waals surface area (Å²) in [5.74, 6) is -0.0482. The van der Waals surface area contributed by atoms with Gasteiger partial charge < -0.3 is 10.6 Å². The van der Waals surface area contributed by atoms with Crippen molar-refractivity contribution in [3.8, 4) is 12.1 Å². The Morgan fingerprint density at radius 1 is 1.29 bits per heavy atom. The van der Waals surface area contributed by atoms with Crippen molar-refractivity contribution in [1.82, 2.24) is 5.32 Å². The van der Waals surface area contributed by atoms with Crippen LogP contribution in [0.3, 0.4) is 0 Å². The molecule has 108 valence electrons. The van der Waals surface area contributed by atoms with Gasteiger partial charge in [-0.3, -0.25) is 4.79 Å². The first-order valence-electron chi connectivity index (χ1n) is 6.70. The normalized spacial score (nSPS) is 10.6. The Morgan fingerprint density at radius 3 is 2.48 bits per heavy atom. The summed E-state index contributed by atoms with van der Waals surface area (Å²) in [5.41, 5.74) is 1.80. The lowest BCUT2D eigenvalue weighted by Gasteiger charge is -2.08. The minimum Gasteiger partial charge on any atom is -0.389 e. The van der Waals surface area contributed by atoms with Gasteiger partial charge in [0.05, 0.1) is 12.5 Å². The molecule has 0 heterocycles. The predicted molar refractivity (Wildman–Crippen MR) is 81.1 cm³/mol. The van der Waals surface area contributed by atoms with E-state index in [9.17, 15) is 4.79 Å². The number of hydrogen-bond donors (Lipinski definition) is 2. The van der Waals surface area contributed by atoms with Crippen LogP contribution in [-0.4, -0.2) is 12.5 Å². The van der Waals surface area contributed by atoms with Crippen molar-refractivity contribution >= 4 is 11.6 Å². The molecule has 0 aromatic heterocycles. The van der Waals surface area contributed by atoms with Gasteiger partial charge in [-0.2, -0.15) is 10.5 Å². The molecule has 0 aliphatic carbocycles. The van der Waals surface area contributed by atoms with Gasteiger partial charge in [-0.1, -0.05) is 26.0 Å². The topological polar surface area (TPSA) is 88.7 Å². The van der Waals surface area contributed by atoms with Crippen molar-refractivity contribution in [3.05, 3.63) is 41.6 Å². The minimum atomic E-state index is -0.473. The smallest absolute Gasteiger partial charge is 0.267 e. The van der Waals surface area contributed by atoms with E-state index in [0.717, 1.165) is 0 Å². The number of rotatable bonds is 6. The first-order valence-corrected chi connectivity index (χ1v) is 6.70. The van der Waals surface area contributed by atoms with E-state index in [1.165, 1.54) is 11.8 Å². The van der Waals surface area contributed by atoms with Crippen LogP contribution in [-0.2, 0) is 4.79 Å². The average Bonchev–Trinajstić information content (AvgIpc) is 2.47. The number of nitrogens with zero attached hydrogens (tertiary/aromatic N) is 2. The first-order chi connectivity index (χ1) is 10.1. The molecular weight excluding hydrogens is 264 g/mol. The van der Waals surface area contributed by atoms with Gasteiger partial charge in [0.15, 0.2) is 0 Å². The highest BCUT2D eigenvalue weighted by atomic mass is 16.1. The Balaban J connectivity index is 2.66. The van der Waals surface area contributed by atoms with Crippen molar-refractivity contribution in [2.24, 2.45) is 0 Å². The van der Waals surface area contributed by atoms with Gasteiger partial charge in [-0.05, 0) is 23.6 Å². The summed E-state index contributed by atoms with van der Waals surface area (Å²) in [6.07, 6.45) is 1.64. The molecule has 5 nitrogen and oxygen atoms in total. The van der Waals surface area contributed by atoms with Crippen LogP contribution in [0.15, 0.2) is 36.0 Å². The maximum absolute atomic E-state index is 11.9. The zero-order chi connectivity index (χ0) is 15.7. The molecule has 0 unspecified atom stereocenters. The minimum absolute atomic E-state index is 0.0270. The van der Waals surface area contributed by atoms with Crippen LogP contribution < -0.4 is 10.6 Å². The molecule has 0 radical (unpaired) electrons. The fourth-order valence-electron chi connectivity index (χ4n) is 1.60. The highest BCUT2D eigenvalue weighted by Gasteiger charge is 2.09. The molecule has 2 N–H and O–H groups in total. The van der Waals surface area contributed by atoms with Crippen molar-refractivity contribution in [1.29, 1.82) is 10.5 Å². The largest absolute Gasteiger partial charge is 0.389 e. The van der Waals surface area contributed by atoms with E-state index in [2.05, 4.69) is 24.5 Å². The van der Waals surface area contributed by atoms with Crippen LogP contribution in [0, 0.1) is 22.7 Å². The highest BCUT2D eigenvalue weighted by molar-refractivity contribution is 6.06. The molecule has 0 spiro atoms. The Bertz CT molecular complexity index is 588. The quantitative estimate of drug-likeness (QED) is 0.477. The molecule has 0 fully saturated rings. The second-order valence-corrected chi connectivity index (χ2v) is 4.76. The van der Waals surface area contributed by atoms with Gasteiger partial charge in [0.25, 0.3) is 5.91 Å². The third-order valence-corrected chi connectivity index (χ3v) is 2.83. The Hall–Kier alpha value is -2.79. The summed E-state index contributed by atoms with van der Waals surface area (Å²) < 4.78 is 0. The monoisotopic (exact) mass is 282 g/mol. The number of hydrogen-bond acceptors (Lipinski definition) is 4. The van der Waals surface area contributed by atoms with Crippen molar-refractivity contribution in [2.75, 3.05) is 11.9 Å². The van der Waals surface area contributed by atoms with E-state index in [1.807, 2.05) is 36.4 Å². The van der Waals surface area contributed by atoms with E-state index < -0.39 is 5.91 Å². The van der Waals surface area contributed by atoms with Gasteiger partial charge in [0.1, 0.15) is 11.6 Å². The van der Waals surface area contributed by atoms with Crippen molar-refractivity contribution in [2.45, 2.75) is 26.2 Å². The summed E-state index contributed by atoms with van der Waals surface area (Å²) in [6, 6.07) is 11.3. The molecule has 1 amide bonds. The number of amides is 1. The summed E-state index contributed by atoms with van der Waals surface area (Å²) in [6.45, 7) is 4.59. The van der Waals surface area contributed by atoms with E-state index in [1.54, 1.807) is 0 Å². The lowest BCUT2D eigenvalue weighted by Crippen LogP contribution is -2.17. The van der Waals surface area contributed by atoms with Crippen LogP contribution >= 0.6 is 0 Å². The number of anilines is 1. The Labute approximate surface area is 124 Å². The van der Waals surface area contributed by atoms with E-state index in [0.29, 0.717) is 24.6 Å². The molecule has 1 aromatic carbocycles. The lowest BCUT2D eigenvalue weighted by molar-refractivity contribution is -0.112. The first kappa shape index (κ1) is 16.3. The molecular formula is C16H18N4O. The van der Waals surface area contributed by atoms with E-state index >= 15 is 0 Å². The summed E-state index contributed by atoms with van der Waals surface area (Å²) in [4.78, 5) is 11.9. The van der Waals surface area contributed by atoms with Gasteiger partial charge in [0.2, 0.25) is 0 Å². The van der Waals surface area contributed by atoms with Crippen molar-refractivity contribution in [3.63, 3.8) is 0 Å². The van der Waals surface area contributed by atoms with E-state index in [-0.39, 0.29) is 5.57 Å². The zero-order valence-corrected chi connectivity index (χ0v) is 12.2. The van der Waals surface area contributed by atoms with Crippen LogP contribution in [0.4, 0.5) is 5.69 Å². The Morgan fingerprint density at radius 2 is 1.95 bits per heavy atom. The number of nitrogens with one attached hydrogen (secondary N) is 2. The fraction of sp³-hybridized carbons (Fsp3) is 0.312. The second kappa shape index (κ2) is 8.39. The van der Waals surface area contributed by atoms with Gasteiger partial charge in [0, 0.05) is 18.4 Å². The molecule has 21 heavy (non-hydrogen) atoms. The third-order valence-electron chi connectivity index (χ3n) is 2.83. The molecule has 5 heteroatoms. The molecule has 0 saturated carbocycles. The van der Waals surface area contributed by atoms with Crippen LogP contribution in [0.25, 0.3) is 0 Å². The molecule has 1 aromatic rings. The summed E-state index contributed by atoms with van der Waals surface area (Å²) in [7, 11) is 0. The van der Waals surface area contributed by atoms with Gasteiger partial charge in [-0.25, -0.2) is 0 Å². The third kappa shape index (κ3) is 5.38. The average molecular weight is 282 g/mol. The van der Waals surface area contributed by atoms with Crippen LogP contribution in [0.2, 0.25) is 0 Å². The van der Waals surface area contributed by atoms with Gasteiger partial charge in [-0.15, -0.1) is 0 Å². The molecule has 0 atom stereocenters. The molecule has 0 saturated heterocycles. The van der Waals surface area contributed by atoms with Gasteiger partial charge >= 0.3 is 0 Å². The standard InChI is InChI=1S/C16H18N4O/c1-12(2)13-4-6-15(7-5-13)20-16(21)14(10-18)11-19-9-3-8-17/h4-7,11-12,19H,3,9H2,1-2H3,(H,20,21)/b14-11-. The summed E-state index contributed by atoms with van der Waals surface area (Å²) >= 11 is 0. The van der Waals surface area contributed by atoms with Crippen LogP contribution in [0.1, 0.15) is 31.7 Å². The molecule has 0 bridgehead atoms. The number of carbonyl (C=O) groups is 1. The van der Waals surface area contributed by atoms with Crippen LogP contribution in [0.5, 0.6) is 0 Å². The lowest BCUT2D eigenvalue weighted by atomic mass is 10.0. The molecule has 1 rings (SSSR count). The molecule has 0 aliphatic heterocycles. The maximum atomic E-state index is 11.9.